The van der Waals surface area contributed by atoms with Crippen molar-refractivity contribution in [3.63, 3.8) is 0 Å². The molecular weight excluding hydrogens is 160 g/mol. The third kappa shape index (κ3) is 0.906. The van der Waals surface area contributed by atoms with Gasteiger partial charge in [0.15, 0.2) is 0 Å². The first-order valence-corrected chi connectivity index (χ1v) is 3.74. The van der Waals surface area contributed by atoms with Crippen LogP contribution in [0.1, 0.15) is 11.1 Å². The van der Waals surface area contributed by atoms with E-state index in [2.05, 4.69) is 4.99 Å². The maximum Gasteiger partial charge on any atom is 0.126 e. The maximum atomic E-state index is 5.91. The zero-order valence-electron chi connectivity index (χ0n) is 5.84. The molecule has 0 radical (unpaired) electrons. The van der Waals surface area contributed by atoms with Gasteiger partial charge in [-0.2, -0.15) is 0 Å². The zero-order chi connectivity index (χ0) is 7.84. The Kier molecular flexibility index (Phi) is 1.36. The number of fused-ring (bicyclic) bond motifs is 1. The second-order valence-corrected chi connectivity index (χ2v) is 2.87. The van der Waals surface area contributed by atoms with Crippen LogP contribution >= 0.6 is 11.6 Å². The molecule has 0 amide bonds. The lowest BCUT2D eigenvalue weighted by atomic mass is 10.1. The molecule has 11 heavy (non-hydrogen) atoms. The van der Waals surface area contributed by atoms with E-state index in [4.69, 9.17) is 17.3 Å². The SMILES string of the molecule is NC1=NCc2c(Cl)cccc21. The third-order valence-corrected chi connectivity index (χ3v) is 2.16. The fourth-order valence-corrected chi connectivity index (χ4v) is 1.44. The van der Waals surface area contributed by atoms with E-state index >= 15 is 0 Å². The van der Waals surface area contributed by atoms with Gasteiger partial charge in [-0.15, -0.1) is 0 Å². The molecule has 0 saturated heterocycles. The van der Waals surface area contributed by atoms with Crippen molar-refractivity contribution in [2.75, 3.05) is 0 Å². The number of halogens is 1. The summed E-state index contributed by atoms with van der Waals surface area (Å²) < 4.78 is 0. The first-order chi connectivity index (χ1) is 5.29. The highest BCUT2D eigenvalue weighted by Gasteiger charge is 2.14. The van der Waals surface area contributed by atoms with E-state index in [1.807, 2.05) is 18.2 Å². The van der Waals surface area contributed by atoms with Gasteiger partial charge in [-0.3, -0.25) is 4.99 Å². The highest BCUT2D eigenvalue weighted by molar-refractivity contribution is 6.32. The van der Waals surface area contributed by atoms with Crippen LogP contribution in [0.3, 0.4) is 0 Å². The van der Waals surface area contributed by atoms with Crippen molar-refractivity contribution in [3.05, 3.63) is 34.3 Å². The summed E-state index contributed by atoms with van der Waals surface area (Å²) >= 11 is 5.91. The van der Waals surface area contributed by atoms with Gasteiger partial charge in [-0.1, -0.05) is 23.7 Å². The lowest BCUT2D eigenvalue weighted by Crippen LogP contribution is -2.10. The molecule has 56 valence electrons. The Morgan fingerprint density at radius 3 is 3.00 bits per heavy atom. The number of hydrogen-bond donors (Lipinski definition) is 1. The molecular formula is C8H7ClN2. The summed E-state index contributed by atoms with van der Waals surface area (Å²) in [4.78, 5) is 4.07. The molecule has 1 aliphatic heterocycles. The van der Waals surface area contributed by atoms with Crippen molar-refractivity contribution in [1.82, 2.24) is 0 Å². The van der Waals surface area contributed by atoms with E-state index in [9.17, 15) is 0 Å². The minimum atomic E-state index is 0.600. The van der Waals surface area contributed by atoms with Gasteiger partial charge < -0.3 is 5.73 Å². The molecule has 0 atom stereocenters. The molecule has 1 aromatic carbocycles. The predicted molar refractivity (Wildman–Crippen MR) is 45.9 cm³/mol. The molecule has 0 aromatic heterocycles. The molecule has 0 aliphatic carbocycles. The standard InChI is InChI=1S/C8H7ClN2/c9-7-3-1-2-5-6(7)4-11-8(5)10/h1-3H,4H2,(H2,10,11). The summed E-state index contributed by atoms with van der Waals surface area (Å²) in [5.41, 5.74) is 7.64. The van der Waals surface area contributed by atoms with Crippen LogP contribution in [0.4, 0.5) is 0 Å². The van der Waals surface area contributed by atoms with Crippen molar-refractivity contribution in [3.8, 4) is 0 Å². The minimum absolute atomic E-state index is 0.600. The number of amidine groups is 1. The summed E-state index contributed by atoms with van der Waals surface area (Å²) in [5, 5.41) is 0.756. The van der Waals surface area contributed by atoms with Crippen molar-refractivity contribution < 1.29 is 0 Å². The van der Waals surface area contributed by atoms with Gasteiger partial charge in [0, 0.05) is 16.1 Å². The first kappa shape index (κ1) is 6.68. The van der Waals surface area contributed by atoms with Crippen LogP contribution in [0.5, 0.6) is 0 Å². The number of hydrogen-bond acceptors (Lipinski definition) is 2. The Morgan fingerprint density at radius 2 is 2.27 bits per heavy atom. The second-order valence-electron chi connectivity index (χ2n) is 2.47. The summed E-state index contributed by atoms with van der Waals surface area (Å²) in [6, 6.07) is 5.68. The Morgan fingerprint density at radius 1 is 1.45 bits per heavy atom. The van der Waals surface area contributed by atoms with E-state index in [-0.39, 0.29) is 0 Å². The van der Waals surface area contributed by atoms with Crippen LogP contribution in [0.15, 0.2) is 23.2 Å². The quantitative estimate of drug-likeness (QED) is 0.624. The monoisotopic (exact) mass is 166 g/mol. The summed E-state index contributed by atoms with van der Waals surface area (Å²) in [5.74, 6) is 0.600. The molecule has 0 fully saturated rings. The Hall–Kier alpha value is -1.02. The highest BCUT2D eigenvalue weighted by Crippen LogP contribution is 2.24. The van der Waals surface area contributed by atoms with Crippen LogP contribution in [-0.4, -0.2) is 5.84 Å². The average molecular weight is 167 g/mol. The number of rotatable bonds is 0. The smallest absolute Gasteiger partial charge is 0.126 e. The molecule has 0 unspecified atom stereocenters. The van der Waals surface area contributed by atoms with Crippen molar-refractivity contribution in [2.24, 2.45) is 10.7 Å². The normalized spacial score (nSPS) is 14.5. The summed E-state index contributed by atoms with van der Waals surface area (Å²) in [7, 11) is 0. The van der Waals surface area contributed by atoms with Crippen LogP contribution in [0.2, 0.25) is 5.02 Å². The number of benzene rings is 1. The van der Waals surface area contributed by atoms with Crippen LogP contribution in [-0.2, 0) is 6.54 Å². The molecule has 1 aromatic rings. The minimum Gasteiger partial charge on any atom is -0.383 e. The van der Waals surface area contributed by atoms with Gasteiger partial charge in [0.1, 0.15) is 5.84 Å². The van der Waals surface area contributed by atoms with Gasteiger partial charge in [-0.25, -0.2) is 0 Å². The Labute approximate surface area is 69.7 Å². The molecule has 2 nitrogen and oxygen atoms in total. The van der Waals surface area contributed by atoms with Crippen molar-refractivity contribution in [1.29, 1.82) is 0 Å². The number of nitrogens with zero attached hydrogens (tertiary/aromatic N) is 1. The molecule has 1 heterocycles. The molecule has 0 saturated carbocycles. The molecule has 1 aliphatic rings. The lowest BCUT2D eigenvalue weighted by Gasteiger charge is -1.99. The fraction of sp³-hybridized carbons (Fsp3) is 0.125. The summed E-state index contributed by atoms with van der Waals surface area (Å²) in [6.45, 7) is 0.626. The summed E-state index contributed by atoms with van der Waals surface area (Å²) in [6.07, 6.45) is 0. The average Bonchev–Trinajstić information content (AvgIpc) is 2.35. The topological polar surface area (TPSA) is 38.4 Å². The van der Waals surface area contributed by atoms with Crippen LogP contribution < -0.4 is 5.73 Å². The van der Waals surface area contributed by atoms with Gasteiger partial charge in [0.25, 0.3) is 0 Å². The van der Waals surface area contributed by atoms with E-state index in [0.29, 0.717) is 12.4 Å². The van der Waals surface area contributed by atoms with E-state index in [1.165, 1.54) is 0 Å². The second kappa shape index (κ2) is 2.24. The molecule has 3 heteroatoms. The molecule has 0 spiro atoms. The fourth-order valence-electron chi connectivity index (χ4n) is 1.21. The van der Waals surface area contributed by atoms with Gasteiger partial charge in [-0.05, 0) is 6.07 Å². The zero-order valence-corrected chi connectivity index (χ0v) is 6.60. The van der Waals surface area contributed by atoms with Crippen molar-refractivity contribution in [2.45, 2.75) is 6.54 Å². The molecule has 2 rings (SSSR count). The van der Waals surface area contributed by atoms with Gasteiger partial charge in [0.2, 0.25) is 0 Å². The highest BCUT2D eigenvalue weighted by atomic mass is 35.5. The van der Waals surface area contributed by atoms with Crippen LogP contribution in [0, 0.1) is 0 Å². The predicted octanol–water partition coefficient (Wildman–Crippen LogP) is 1.56. The Balaban J connectivity index is 2.64. The van der Waals surface area contributed by atoms with Crippen LogP contribution in [0.25, 0.3) is 0 Å². The lowest BCUT2D eigenvalue weighted by molar-refractivity contribution is 1.11. The molecule has 0 bridgehead atoms. The number of aliphatic imine (C=N–C) groups is 1. The van der Waals surface area contributed by atoms with Gasteiger partial charge in [0.05, 0.1) is 6.54 Å². The van der Waals surface area contributed by atoms with E-state index < -0.39 is 0 Å². The largest absolute Gasteiger partial charge is 0.383 e. The maximum absolute atomic E-state index is 5.91. The first-order valence-electron chi connectivity index (χ1n) is 3.37. The van der Waals surface area contributed by atoms with E-state index in [0.717, 1.165) is 16.1 Å². The number of nitrogens with two attached hydrogens (primary N) is 1. The van der Waals surface area contributed by atoms with E-state index in [1.54, 1.807) is 0 Å². The Bertz CT molecular complexity index is 331. The third-order valence-electron chi connectivity index (χ3n) is 1.80. The molecule has 2 N–H and O–H groups in total. The van der Waals surface area contributed by atoms with Gasteiger partial charge >= 0.3 is 0 Å². The van der Waals surface area contributed by atoms with Crippen molar-refractivity contribution >= 4 is 17.4 Å².